The Morgan fingerprint density at radius 1 is 1.00 bits per heavy atom. The van der Waals surface area contributed by atoms with Crippen LogP contribution in [0.25, 0.3) is 33.4 Å². The Labute approximate surface area is 190 Å². The zero-order valence-corrected chi connectivity index (χ0v) is 18.1. The van der Waals surface area contributed by atoms with Crippen LogP contribution in [0.15, 0.2) is 82.0 Å². The Hall–Kier alpha value is -4.06. The lowest BCUT2D eigenvalue weighted by Gasteiger charge is -2.42. The van der Waals surface area contributed by atoms with Crippen LogP contribution in [0.4, 0.5) is 4.79 Å². The summed E-state index contributed by atoms with van der Waals surface area (Å²) in [5.74, 6) is 1.09. The van der Waals surface area contributed by atoms with Gasteiger partial charge in [0.2, 0.25) is 5.43 Å². The third-order valence-corrected chi connectivity index (χ3v) is 6.42. The number of fused-ring (bicyclic) bond motifs is 1. The minimum Gasteiger partial charge on any atom is -0.497 e. The molecule has 6 heteroatoms. The van der Waals surface area contributed by atoms with Crippen molar-refractivity contribution in [3.63, 3.8) is 0 Å². The van der Waals surface area contributed by atoms with Gasteiger partial charge in [0, 0.05) is 11.6 Å². The van der Waals surface area contributed by atoms with E-state index in [0.717, 1.165) is 30.4 Å². The highest BCUT2D eigenvalue weighted by atomic mass is 16.5. The van der Waals surface area contributed by atoms with Crippen molar-refractivity contribution in [1.82, 2.24) is 5.32 Å². The Bertz CT molecular complexity index is 1390. The van der Waals surface area contributed by atoms with Crippen LogP contribution in [0.5, 0.6) is 5.75 Å². The lowest BCUT2D eigenvalue weighted by Crippen LogP contribution is -2.50. The second-order valence-corrected chi connectivity index (χ2v) is 8.31. The van der Waals surface area contributed by atoms with Crippen molar-refractivity contribution in [2.24, 2.45) is 0 Å². The largest absolute Gasteiger partial charge is 0.497 e. The molecule has 1 saturated carbocycles. The topological polar surface area (TPSA) is 88.8 Å². The molecule has 1 heterocycles. The van der Waals surface area contributed by atoms with Crippen LogP contribution in [0, 0.1) is 0 Å². The van der Waals surface area contributed by atoms with Crippen molar-refractivity contribution >= 4 is 17.1 Å². The van der Waals surface area contributed by atoms with E-state index in [2.05, 4.69) is 5.32 Å². The molecule has 33 heavy (non-hydrogen) atoms. The average molecular weight is 441 g/mol. The zero-order valence-electron chi connectivity index (χ0n) is 18.1. The van der Waals surface area contributed by atoms with Crippen molar-refractivity contribution in [3.8, 4) is 28.2 Å². The molecule has 2 N–H and O–H groups in total. The smallest absolute Gasteiger partial charge is 0.405 e. The van der Waals surface area contributed by atoms with Gasteiger partial charge in [-0.15, -0.1) is 0 Å². The predicted molar refractivity (Wildman–Crippen MR) is 127 cm³/mol. The minimum absolute atomic E-state index is 0.132. The number of rotatable bonds is 5. The Morgan fingerprint density at radius 2 is 1.73 bits per heavy atom. The molecule has 5 rings (SSSR count). The van der Waals surface area contributed by atoms with Gasteiger partial charge in [-0.2, -0.15) is 0 Å². The van der Waals surface area contributed by atoms with Crippen molar-refractivity contribution in [2.75, 3.05) is 7.11 Å². The lowest BCUT2D eigenvalue weighted by molar-refractivity contribution is 0.144. The molecule has 6 nitrogen and oxygen atoms in total. The summed E-state index contributed by atoms with van der Waals surface area (Å²) in [4.78, 5) is 24.9. The number of methoxy groups -OCH3 is 1. The number of ether oxygens (including phenoxy) is 1. The van der Waals surface area contributed by atoms with E-state index in [1.54, 1.807) is 25.3 Å². The van der Waals surface area contributed by atoms with Gasteiger partial charge in [0.1, 0.15) is 17.1 Å². The monoisotopic (exact) mass is 441 g/mol. The maximum atomic E-state index is 13.6. The quantitative estimate of drug-likeness (QED) is 0.410. The Kier molecular flexibility index (Phi) is 5.13. The van der Waals surface area contributed by atoms with E-state index < -0.39 is 11.6 Å². The van der Waals surface area contributed by atoms with E-state index in [-0.39, 0.29) is 5.43 Å². The summed E-state index contributed by atoms with van der Waals surface area (Å²) in [6.07, 6.45) is 1.45. The van der Waals surface area contributed by atoms with Crippen molar-refractivity contribution < 1.29 is 19.1 Å². The molecule has 0 aliphatic heterocycles. The second-order valence-electron chi connectivity index (χ2n) is 8.31. The first-order chi connectivity index (χ1) is 16.0. The summed E-state index contributed by atoms with van der Waals surface area (Å²) in [7, 11) is 1.57. The van der Waals surface area contributed by atoms with Crippen LogP contribution in [0.1, 0.15) is 24.8 Å². The number of benzene rings is 3. The molecule has 0 unspecified atom stereocenters. The molecule has 0 atom stereocenters. The third kappa shape index (κ3) is 3.63. The van der Waals surface area contributed by atoms with E-state index in [1.165, 1.54) is 0 Å². The van der Waals surface area contributed by atoms with Gasteiger partial charge in [-0.05, 0) is 42.5 Å². The summed E-state index contributed by atoms with van der Waals surface area (Å²) in [6, 6.07) is 22.2. The molecule has 4 aromatic rings. The summed E-state index contributed by atoms with van der Waals surface area (Å²) in [5, 5.41) is 12.4. The van der Waals surface area contributed by atoms with Gasteiger partial charge in [0.05, 0.1) is 23.6 Å². The second kappa shape index (κ2) is 8.13. The number of carbonyl (C=O) groups is 1. The average Bonchev–Trinajstić information content (AvgIpc) is 2.81. The highest BCUT2D eigenvalue weighted by molar-refractivity contribution is 5.89. The van der Waals surface area contributed by atoms with Gasteiger partial charge in [-0.3, -0.25) is 4.79 Å². The molecule has 0 saturated heterocycles. The molecule has 1 aliphatic rings. The fraction of sp³-hybridized carbons (Fsp3) is 0.185. The zero-order chi connectivity index (χ0) is 23.0. The van der Waals surface area contributed by atoms with Crippen LogP contribution >= 0.6 is 0 Å². The minimum atomic E-state index is -1.03. The van der Waals surface area contributed by atoms with Crippen LogP contribution < -0.4 is 15.5 Å². The number of hydrogen-bond acceptors (Lipinski definition) is 4. The number of hydrogen-bond donors (Lipinski definition) is 2. The number of carboxylic acid groups (broad SMARTS) is 1. The molecule has 1 aliphatic carbocycles. The van der Waals surface area contributed by atoms with Crippen LogP contribution in [-0.2, 0) is 5.54 Å². The standard InChI is InChI=1S/C27H23NO5/c1-32-20-12-13-21-22(16-20)33-25(18-6-3-2-4-7-18)23(24(21)29)17-8-10-19(11-9-17)27(14-5-15-27)28-26(30)31/h2-4,6-13,16,28H,5,14-15H2,1H3,(H,30,31). The predicted octanol–water partition coefficient (Wildman–Crippen LogP) is 5.78. The fourth-order valence-electron chi connectivity index (χ4n) is 4.53. The van der Waals surface area contributed by atoms with E-state index in [1.807, 2.05) is 54.6 Å². The molecule has 0 bridgehead atoms. The molecule has 1 aromatic heterocycles. The highest BCUT2D eigenvalue weighted by Crippen LogP contribution is 2.42. The van der Waals surface area contributed by atoms with Gasteiger partial charge >= 0.3 is 6.09 Å². The lowest BCUT2D eigenvalue weighted by atomic mass is 9.71. The van der Waals surface area contributed by atoms with Gasteiger partial charge in [0.25, 0.3) is 0 Å². The SMILES string of the molecule is COc1ccc2c(=O)c(-c3ccc(C4(NC(=O)O)CCC4)cc3)c(-c3ccccc3)oc2c1. The van der Waals surface area contributed by atoms with Crippen molar-refractivity contribution in [2.45, 2.75) is 24.8 Å². The maximum Gasteiger partial charge on any atom is 0.405 e. The van der Waals surface area contributed by atoms with Gasteiger partial charge in [0.15, 0.2) is 0 Å². The Morgan fingerprint density at radius 3 is 2.33 bits per heavy atom. The molecule has 1 amide bonds. The molecule has 166 valence electrons. The molecular weight excluding hydrogens is 418 g/mol. The summed E-state index contributed by atoms with van der Waals surface area (Å²) in [5.41, 5.74) is 2.65. The fourth-order valence-corrected chi connectivity index (χ4v) is 4.53. The normalized spacial score (nSPS) is 14.5. The van der Waals surface area contributed by atoms with Crippen LogP contribution in [-0.4, -0.2) is 18.3 Å². The molecule has 0 radical (unpaired) electrons. The molecule has 3 aromatic carbocycles. The first kappa shape index (κ1) is 20.8. The number of amides is 1. The summed E-state index contributed by atoms with van der Waals surface area (Å²) in [6.45, 7) is 0. The van der Waals surface area contributed by atoms with Gasteiger partial charge < -0.3 is 19.6 Å². The third-order valence-electron chi connectivity index (χ3n) is 6.42. The van der Waals surface area contributed by atoms with Crippen molar-refractivity contribution in [3.05, 3.63) is 88.6 Å². The first-order valence-corrected chi connectivity index (χ1v) is 10.8. The molecule has 1 fully saturated rings. The summed E-state index contributed by atoms with van der Waals surface area (Å²) >= 11 is 0. The van der Waals surface area contributed by atoms with Crippen LogP contribution in [0.3, 0.4) is 0 Å². The Balaban J connectivity index is 1.68. The van der Waals surface area contributed by atoms with E-state index in [4.69, 9.17) is 9.15 Å². The maximum absolute atomic E-state index is 13.6. The highest BCUT2D eigenvalue weighted by Gasteiger charge is 2.40. The van der Waals surface area contributed by atoms with E-state index in [9.17, 15) is 14.7 Å². The molecular formula is C27H23NO5. The number of nitrogens with one attached hydrogen (secondary N) is 1. The van der Waals surface area contributed by atoms with Gasteiger partial charge in [-0.25, -0.2) is 4.79 Å². The van der Waals surface area contributed by atoms with Crippen LogP contribution in [0.2, 0.25) is 0 Å². The molecule has 0 spiro atoms. The first-order valence-electron chi connectivity index (χ1n) is 10.8. The van der Waals surface area contributed by atoms with E-state index in [0.29, 0.717) is 33.6 Å². The van der Waals surface area contributed by atoms with Gasteiger partial charge in [-0.1, -0.05) is 54.6 Å². The van der Waals surface area contributed by atoms with E-state index >= 15 is 0 Å². The summed E-state index contributed by atoms with van der Waals surface area (Å²) < 4.78 is 11.6. The van der Waals surface area contributed by atoms with Crippen molar-refractivity contribution in [1.29, 1.82) is 0 Å².